The van der Waals surface area contributed by atoms with Gasteiger partial charge in [0.1, 0.15) is 5.92 Å². The van der Waals surface area contributed by atoms with Gasteiger partial charge in [0.2, 0.25) is 0 Å². The third kappa shape index (κ3) is 5.43. The summed E-state index contributed by atoms with van der Waals surface area (Å²) in [4.78, 5) is 25.2. The summed E-state index contributed by atoms with van der Waals surface area (Å²) in [5.74, 6) is -1.31. The maximum atomic E-state index is 13.0. The molecule has 27 heavy (non-hydrogen) atoms. The van der Waals surface area contributed by atoms with E-state index in [9.17, 15) is 9.59 Å². The molecule has 1 aliphatic rings. The monoisotopic (exact) mass is 376 g/mol. The number of aromatic nitrogens is 2. The summed E-state index contributed by atoms with van der Waals surface area (Å²) in [5, 5.41) is 7.45. The number of ether oxygens (including phenoxy) is 1. The van der Waals surface area contributed by atoms with Crippen molar-refractivity contribution in [2.75, 3.05) is 7.11 Å². The molecule has 1 aliphatic carbocycles. The lowest BCUT2D eigenvalue weighted by Crippen LogP contribution is -2.43. The number of carbonyl (C=O) groups is 2. The summed E-state index contributed by atoms with van der Waals surface area (Å²) in [7, 11) is 1.35. The van der Waals surface area contributed by atoms with E-state index >= 15 is 0 Å². The van der Waals surface area contributed by atoms with Crippen LogP contribution in [0.1, 0.15) is 100 Å². The van der Waals surface area contributed by atoms with E-state index in [0.29, 0.717) is 12.0 Å². The van der Waals surface area contributed by atoms with E-state index in [1.54, 1.807) is 0 Å². The molecule has 1 heterocycles. The molecule has 0 amide bonds. The van der Waals surface area contributed by atoms with Crippen molar-refractivity contribution >= 4 is 11.8 Å². The van der Waals surface area contributed by atoms with Crippen molar-refractivity contribution in [3.05, 3.63) is 17.0 Å². The highest BCUT2D eigenvalue weighted by Gasteiger charge is 2.48. The average Bonchev–Trinajstić information content (AvgIpc) is 3.01. The summed E-state index contributed by atoms with van der Waals surface area (Å²) < 4.78 is 4.90. The molecule has 0 saturated carbocycles. The van der Waals surface area contributed by atoms with Crippen molar-refractivity contribution in [1.82, 2.24) is 10.2 Å². The lowest BCUT2D eigenvalue weighted by atomic mass is 9.67. The number of fused-ring (bicyclic) bond motifs is 1. The van der Waals surface area contributed by atoms with Gasteiger partial charge in [-0.2, -0.15) is 5.10 Å². The number of ketones is 1. The van der Waals surface area contributed by atoms with Gasteiger partial charge in [-0.3, -0.25) is 14.7 Å². The minimum atomic E-state index is -0.741. The van der Waals surface area contributed by atoms with Crippen LogP contribution in [0.15, 0.2) is 0 Å². The zero-order valence-corrected chi connectivity index (χ0v) is 17.5. The Labute approximate surface area is 163 Å². The highest BCUT2D eigenvalue weighted by molar-refractivity contribution is 6.11. The molecule has 5 heteroatoms. The molecule has 0 spiro atoms. The van der Waals surface area contributed by atoms with E-state index in [4.69, 9.17) is 4.74 Å². The number of carbonyl (C=O) groups excluding carboxylic acids is 2. The van der Waals surface area contributed by atoms with Crippen molar-refractivity contribution in [3.8, 4) is 0 Å². The molecule has 1 aromatic heterocycles. The van der Waals surface area contributed by atoms with Crippen LogP contribution >= 0.6 is 0 Å². The maximum absolute atomic E-state index is 13.0. The molecular formula is C22H36N2O3. The first-order valence-corrected chi connectivity index (χ1v) is 10.6. The Balaban J connectivity index is 1.87. The minimum absolute atomic E-state index is 0.132. The normalized spacial score (nSPS) is 18.4. The summed E-state index contributed by atoms with van der Waals surface area (Å²) in [6, 6.07) is 0. The zero-order chi connectivity index (χ0) is 19.9. The van der Waals surface area contributed by atoms with Gasteiger partial charge in [0.25, 0.3) is 0 Å². The van der Waals surface area contributed by atoms with Gasteiger partial charge in [0.15, 0.2) is 5.78 Å². The molecule has 0 saturated heterocycles. The number of unbranched alkanes of at least 4 members (excludes halogenated alkanes) is 8. The number of Topliss-reactive ketones (excluding diaryl/α,β-unsaturated/α-hetero) is 1. The molecule has 5 nitrogen and oxygen atoms in total. The molecule has 0 fully saturated rings. The lowest BCUT2D eigenvalue weighted by molar-refractivity contribution is -0.147. The van der Waals surface area contributed by atoms with Crippen molar-refractivity contribution in [2.24, 2.45) is 11.3 Å². The third-order valence-corrected chi connectivity index (χ3v) is 5.79. The van der Waals surface area contributed by atoms with E-state index in [-0.39, 0.29) is 5.78 Å². The topological polar surface area (TPSA) is 72.0 Å². The molecular weight excluding hydrogens is 340 g/mol. The second kappa shape index (κ2) is 10.0. The van der Waals surface area contributed by atoms with E-state index < -0.39 is 17.3 Å². The fourth-order valence-corrected chi connectivity index (χ4v) is 4.22. The second-order valence-corrected chi connectivity index (χ2v) is 8.59. The van der Waals surface area contributed by atoms with Crippen LogP contribution in [0, 0.1) is 11.3 Å². The summed E-state index contributed by atoms with van der Waals surface area (Å²) in [5.41, 5.74) is 1.88. The first-order chi connectivity index (χ1) is 12.9. The van der Waals surface area contributed by atoms with Gasteiger partial charge in [0.05, 0.1) is 18.4 Å². The van der Waals surface area contributed by atoms with Crippen LogP contribution in [-0.2, 0) is 22.4 Å². The number of rotatable bonds is 11. The van der Waals surface area contributed by atoms with E-state index in [2.05, 4.69) is 17.1 Å². The lowest BCUT2D eigenvalue weighted by Gasteiger charge is -2.35. The number of esters is 1. The predicted molar refractivity (Wildman–Crippen MR) is 107 cm³/mol. The maximum Gasteiger partial charge on any atom is 0.317 e. The van der Waals surface area contributed by atoms with Gasteiger partial charge in [-0.15, -0.1) is 0 Å². The Bertz CT molecular complexity index is 634. The molecule has 0 aliphatic heterocycles. The fourth-order valence-electron chi connectivity index (χ4n) is 4.22. The highest BCUT2D eigenvalue weighted by Crippen LogP contribution is 2.40. The van der Waals surface area contributed by atoms with E-state index in [1.165, 1.54) is 52.1 Å². The number of methoxy groups -OCH3 is 1. The fraction of sp³-hybridized carbons (Fsp3) is 0.773. The van der Waals surface area contributed by atoms with Crippen LogP contribution < -0.4 is 0 Å². The van der Waals surface area contributed by atoms with Gasteiger partial charge in [-0.05, 0) is 24.7 Å². The van der Waals surface area contributed by atoms with Crippen molar-refractivity contribution < 1.29 is 14.3 Å². The van der Waals surface area contributed by atoms with E-state index in [0.717, 1.165) is 30.7 Å². The molecule has 152 valence electrons. The van der Waals surface area contributed by atoms with Crippen LogP contribution in [0.25, 0.3) is 0 Å². The second-order valence-electron chi connectivity index (χ2n) is 8.59. The van der Waals surface area contributed by atoms with Gasteiger partial charge >= 0.3 is 5.97 Å². The summed E-state index contributed by atoms with van der Waals surface area (Å²) in [6.07, 6.45) is 12.8. The van der Waals surface area contributed by atoms with Crippen LogP contribution in [-0.4, -0.2) is 29.1 Å². The van der Waals surface area contributed by atoms with Crippen molar-refractivity contribution in [3.63, 3.8) is 0 Å². The molecule has 2 rings (SSSR count). The first kappa shape index (κ1) is 21.6. The van der Waals surface area contributed by atoms with Crippen molar-refractivity contribution in [1.29, 1.82) is 0 Å². The molecule has 1 atom stereocenters. The summed E-state index contributed by atoms with van der Waals surface area (Å²) in [6.45, 7) is 6.12. The van der Waals surface area contributed by atoms with Gasteiger partial charge in [0, 0.05) is 5.69 Å². The molecule has 1 N–H and O–H groups in total. The number of hydrogen-bond donors (Lipinski definition) is 1. The Morgan fingerprint density at radius 2 is 1.70 bits per heavy atom. The number of aromatic amines is 1. The third-order valence-electron chi connectivity index (χ3n) is 5.79. The SMILES string of the molecule is CCCCCCCCCCCc1n[nH]c2c1C(=O)C(C(=O)OC)C(C)(C)C2. The van der Waals surface area contributed by atoms with Gasteiger partial charge < -0.3 is 4.74 Å². The molecule has 1 unspecified atom stereocenters. The number of nitrogens with zero attached hydrogens (tertiary/aromatic N) is 1. The quantitative estimate of drug-likeness (QED) is 0.334. The van der Waals surface area contributed by atoms with Crippen LogP contribution in [0.4, 0.5) is 0 Å². The molecule has 0 radical (unpaired) electrons. The molecule has 0 bridgehead atoms. The number of hydrogen-bond acceptors (Lipinski definition) is 4. The first-order valence-electron chi connectivity index (χ1n) is 10.6. The van der Waals surface area contributed by atoms with Crippen LogP contribution in [0.5, 0.6) is 0 Å². The Hall–Kier alpha value is -1.65. The minimum Gasteiger partial charge on any atom is -0.468 e. The predicted octanol–water partition coefficient (Wildman–Crippen LogP) is 5.04. The standard InChI is InChI=1S/C22H36N2O3/c1-5-6-7-8-9-10-11-12-13-14-16-18-17(24-23-16)15-22(2,3)19(20(18)25)21(26)27-4/h19H,5-15H2,1-4H3,(H,23,24). The Morgan fingerprint density at radius 1 is 1.11 bits per heavy atom. The largest absolute Gasteiger partial charge is 0.468 e. The Morgan fingerprint density at radius 3 is 2.30 bits per heavy atom. The number of nitrogens with one attached hydrogen (secondary N) is 1. The van der Waals surface area contributed by atoms with Crippen molar-refractivity contribution in [2.45, 2.75) is 91.4 Å². The van der Waals surface area contributed by atoms with Crippen LogP contribution in [0.3, 0.4) is 0 Å². The van der Waals surface area contributed by atoms with Gasteiger partial charge in [-0.25, -0.2) is 0 Å². The zero-order valence-electron chi connectivity index (χ0n) is 17.5. The summed E-state index contributed by atoms with van der Waals surface area (Å²) >= 11 is 0. The smallest absolute Gasteiger partial charge is 0.317 e. The van der Waals surface area contributed by atoms with Gasteiger partial charge in [-0.1, -0.05) is 72.1 Å². The van der Waals surface area contributed by atoms with E-state index in [1.807, 2.05) is 13.8 Å². The molecule has 1 aromatic rings. The average molecular weight is 377 g/mol. The number of aryl methyl sites for hydroxylation is 1. The molecule has 0 aromatic carbocycles. The highest BCUT2D eigenvalue weighted by atomic mass is 16.5. The van der Waals surface area contributed by atoms with Crippen LogP contribution in [0.2, 0.25) is 0 Å². The Kier molecular flexibility index (Phi) is 8.06. The number of H-pyrrole nitrogens is 1.